The van der Waals surface area contributed by atoms with Crippen molar-refractivity contribution in [1.82, 2.24) is 24.8 Å². The van der Waals surface area contributed by atoms with Crippen LogP contribution in [0.3, 0.4) is 0 Å². The quantitative estimate of drug-likeness (QED) is 0.658. The highest BCUT2D eigenvalue weighted by Gasteiger charge is 2.35. The van der Waals surface area contributed by atoms with Gasteiger partial charge in [0.05, 0.1) is 18.3 Å². The molecule has 9 heteroatoms. The first-order valence-corrected chi connectivity index (χ1v) is 10.9. The normalized spacial score (nSPS) is 18.2. The molecule has 1 fully saturated rings. The molecular weight excluding hydrogens is 411 g/mol. The number of benzene rings is 1. The standard InChI is InChI=1S/C23H25FN6O2/c1-13(31)29-9-7-16-19(12-29)27-22(28-21(16)25-2)20-4-3-8-30(20)23(32)18-10-14-5-6-15(24)11-17(14)26-18/h5-6,10-11,20,26H,3-4,7-9,12H2,1-2H3,(H,25,27,28)/t20-/m0/s1. The van der Waals surface area contributed by atoms with Crippen molar-refractivity contribution in [1.29, 1.82) is 0 Å². The summed E-state index contributed by atoms with van der Waals surface area (Å²) in [6.45, 7) is 3.26. The summed E-state index contributed by atoms with van der Waals surface area (Å²) in [4.78, 5) is 41.4. The summed E-state index contributed by atoms with van der Waals surface area (Å²) in [5.74, 6) is 0.871. The first-order chi connectivity index (χ1) is 15.4. The van der Waals surface area contributed by atoms with Gasteiger partial charge in [0.25, 0.3) is 5.91 Å². The molecule has 5 rings (SSSR count). The van der Waals surface area contributed by atoms with Crippen LogP contribution in [-0.4, -0.2) is 56.7 Å². The Morgan fingerprint density at radius 1 is 1.22 bits per heavy atom. The maximum absolute atomic E-state index is 13.6. The van der Waals surface area contributed by atoms with Crippen LogP contribution in [0, 0.1) is 5.82 Å². The van der Waals surface area contributed by atoms with Gasteiger partial charge in [-0.2, -0.15) is 0 Å². The average Bonchev–Trinajstić information content (AvgIpc) is 3.44. The van der Waals surface area contributed by atoms with Crippen molar-refractivity contribution in [3.63, 3.8) is 0 Å². The molecule has 2 N–H and O–H groups in total. The van der Waals surface area contributed by atoms with Crippen LogP contribution in [0.4, 0.5) is 10.2 Å². The van der Waals surface area contributed by atoms with E-state index in [9.17, 15) is 14.0 Å². The van der Waals surface area contributed by atoms with Gasteiger partial charge < -0.3 is 20.1 Å². The third kappa shape index (κ3) is 3.47. The van der Waals surface area contributed by atoms with E-state index in [4.69, 9.17) is 9.97 Å². The van der Waals surface area contributed by atoms with Gasteiger partial charge >= 0.3 is 0 Å². The number of rotatable bonds is 3. The van der Waals surface area contributed by atoms with E-state index in [1.165, 1.54) is 12.1 Å². The van der Waals surface area contributed by atoms with Gasteiger partial charge in [0.2, 0.25) is 5.91 Å². The molecule has 4 heterocycles. The number of nitrogens with zero attached hydrogens (tertiary/aromatic N) is 4. The highest BCUT2D eigenvalue weighted by Crippen LogP contribution is 2.34. The molecular formula is C23H25FN6O2. The Bertz CT molecular complexity index is 1220. The summed E-state index contributed by atoms with van der Waals surface area (Å²) >= 11 is 0. The fourth-order valence-corrected chi connectivity index (χ4v) is 4.72. The SMILES string of the molecule is CNc1nc([C@@H]2CCCN2C(=O)c2cc3ccc(F)cc3[nH]2)nc2c1CCN(C(C)=O)C2. The third-order valence-electron chi connectivity index (χ3n) is 6.39. The smallest absolute Gasteiger partial charge is 0.270 e. The summed E-state index contributed by atoms with van der Waals surface area (Å²) in [5, 5.41) is 3.95. The Labute approximate surface area is 184 Å². The van der Waals surface area contributed by atoms with Crippen LogP contribution in [0.1, 0.15) is 53.4 Å². The van der Waals surface area contributed by atoms with E-state index in [0.29, 0.717) is 43.1 Å². The summed E-state index contributed by atoms with van der Waals surface area (Å²) in [7, 11) is 1.82. The molecule has 2 aliphatic rings. The van der Waals surface area contributed by atoms with E-state index < -0.39 is 0 Å². The molecule has 0 saturated carbocycles. The van der Waals surface area contributed by atoms with E-state index in [1.807, 2.05) is 7.05 Å². The number of carbonyl (C=O) groups excluding carboxylic acids is 2. The molecule has 32 heavy (non-hydrogen) atoms. The lowest BCUT2D eigenvalue weighted by molar-refractivity contribution is -0.129. The molecule has 1 atom stereocenters. The van der Waals surface area contributed by atoms with Crippen LogP contribution in [-0.2, 0) is 17.8 Å². The van der Waals surface area contributed by atoms with Crippen LogP contribution < -0.4 is 5.32 Å². The Morgan fingerprint density at radius 2 is 2.06 bits per heavy atom. The van der Waals surface area contributed by atoms with E-state index >= 15 is 0 Å². The molecule has 1 aromatic carbocycles. The molecule has 2 amide bonds. The van der Waals surface area contributed by atoms with E-state index in [0.717, 1.165) is 35.3 Å². The molecule has 166 valence electrons. The zero-order valence-corrected chi connectivity index (χ0v) is 18.1. The Kier molecular flexibility index (Phi) is 5.03. The fraction of sp³-hybridized carbons (Fsp3) is 0.391. The number of likely N-dealkylation sites (tertiary alicyclic amines) is 1. The number of hydrogen-bond donors (Lipinski definition) is 2. The second kappa shape index (κ2) is 7.89. The third-order valence-corrected chi connectivity index (χ3v) is 6.39. The van der Waals surface area contributed by atoms with Gasteiger partial charge in [0.1, 0.15) is 17.3 Å². The predicted octanol–water partition coefficient (Wildman–Crippen LogP) is 3.02. The number of hydrogen-bond acceptors (Lipinski definition) is 5. The maximum Gasteiger partial charge on any atom is 0.270 e. The Morgan fingerprint density at radius 3 is 2.84 bits per heavy atom. The zero-order chi connectivity index (χ0) is 22.4. The zero-order valence-electron chi connectivity index (χ0n) is 18.1. The highest BCUT2D eigenvalue weighted by molar-refractivity contribution is 5.98. The number of fused-ring (bicyclic) bond motifs is 2. The lowest BCUT2D eigenvalue weighted by Gasteiger charge is -2.30. The molecule has 0 radical (unpaired) electrons. The number of amides is 2. The minimum absolute atomic E-state index is 0.0229. The topological polar surface area (TPSA) is 94.2 Å². The highest BCUT2D eigenvalue weighted by atomic mass is 19.1. The van der Waals surface area contributed by atoms with Gasteiger partial charge in [-0.25, -0.2) is 14.4 Å². The number of nitrogens with one attached hydrogen (secondary N) is 2. The van der Waals surface area contributed by atoms with E-state index in [2.05, 4.69) is 10.3 Å². The number of aromatic amines is 1. The maximum atomic E-state index is 13.6. The molecule has 3 aromatic rings. The minimum Gasteiger partial charge on any atom is -0.373 e. The summed E-state index contributed by atoms with van der Waals surface area (Å²) in [5.41, 5.74) is 2.88. The molecule has 2 aromatic heterocycles. The van der Waals surface area contributed by atoms with Crippen LogP contribution in [0.5, 0.6) is 0 Å². The lowest BCUT2D eigenvalue weighted by atomic mass is 10.0. The number of halogens is 1. The Hall–Kier alpha value is -3.49. The number of carbonyl (C=O) groups is 2. The van der Waals surface area contributed by atoms with Crippen molar-refractivity contribution in [3.8, 4) is 0 Å². The number of H-pyrrole nitrogens is 1. The Balaban J connectivity index is 1.48. The lowest BCUT2D eigenvalue weighted by Crippen LogP contribution is -2.36. The monoisotopic (exact) mass is 436 g/mol. The fourth-order valence-electron chi connectivity index (χ4n) is 4.72. The number of aromatic nitrogens is 3. The van der Waals surface area contributed by atoms with Gasteiger partial charge in [0, 0.05) is 43.5 Å². The van der Waals surface area contributed by atoms with Crippen LogP contribution in [0.25, 0.3) is 10.9 Å². The second-order valence-electron chi connectivity index (χ2n) is 8.37. The van der Waals surface area contributed by atoms with Crippen LogP contribution >= 0.6 is 0 Å². The van der Waals surface area contributed by atoms with Crippen molar-refractivity contribution >= 4 is 28.5 Å². The van der Waals surface area contributed by atoms with E-state index in [1.54, 1.807) is 28.9 Å². The van der Waals surface area contributed by atoms with Crippen LogP contribution in [0.2, 0.25) is 0 Å². The van der Waals surface area contributed by atoms with Crippen molar-refractivity contribution in [3.05, 3.63) is 52.9 Å². The molecule has 0 aliphatic carbocycles. The van der Waals surface area contributed by atoms with Gasteiger partial charge in [-0.3, -0.25) is 9.59 Å². The summed E-state index contributed by atoms with van der Waals surface area (Å²) in [6.07, 6.45) is 2.31. The van der Waals surface area contributed by atoms with Crippen molar-refractivity contribution in [2.24, 2.45) is 0 Å². The molecule has 0 bridgehead atoms. The first kappa shape index (κ1) is 20.4. The van der Waals surface area contributed by atoms with Gasteiger partial charge in [-0.1, -0.05) is 0 Å². The minimum atomic E-state index is -0.348. The van der Waals surface area contributed by atoms with Crippen molar-refractivity contribution < 1.29 is 14.0 Å². The average molecular weight is 436 g/mol. The first-order valence-electron chi connectivity index (χ1n) is 10.9. The molecule has 1 saturated heterocycles. The van der Waals surface area contributed by atoms with Crippen LogP contribution in [0.15, 0.2) is 24.3 Å². The number of anilines is 1. The molecule has 8 nitrogen and oxygen atoms in total. The summed E-state index contributed by atoms with van der Waals surface area (Å²) < 4.78 is 13.6. The molecule has 0 spiro atoms. The van der Waals surface area contributed by atoms with Gasteiger partial charge in [-0.15, -0.1) is 0 Å². The predicted molar refractivity (Wildman–Crippen MR) is 118 cm³/mol. The van der Waals surface area contributed by atoms with E-state index in [-0.39, 0.29) is 23.7 Å². The summed E-state index contributed by atoms with van der Waals surface area (Å²) in [6, 6.07) is 5.93. The van der Waals surface area contributed by atoms with Crippen molar-refractivity contribution in [2.75, 3.05) is 25.5 Å². The van der Waals surface area contributed by atoms with Gasteiger partial charge in [0.15, 0.2) is 5.82 Å². The molecule has 0 unspecified atom stereocenters. The van der Waals surface area contributed by atoms with Crippen molar-refractivity contribution in [2.45, 2.75) is 38.8 Å². The largest absolute Gasteiger partial charge is 0.373 e. The second-order valence-corrected chi connectivity index (χ2v) is 8.37. The molecule has 2 aliphatic heterocycles. The van der Waals surface area contributed by atoms with Gasteiger partial charge in [-0.05, 0) is 43.5 Å².